The van der Waals surface area contributed by atoms with E-state index in [-0.39, 0.29) is 0 Å². The summed E-state index contributed by atoms with van der Waals surface area (Å²) in [7, 11) is 0. The number of carbonyl (C=O) groups is 1. The molecular weight excluding hydrogens is 220 g/mol. The van der Waals surface area contributed by atoms with Crippen molar-refractivity contribution in [1.29, 1.82) is 0 Å². The molecule has 0 spiro atoms. The SMILES string of the molecule is Cc1cccc(-n2nnnc2/C=C/C(=O)O)c1. The van der Waals surface area contributed by atoms with Crippen LogP contribution in [0.5, 0.6) is 0 Å². The van der Waals surface area contributed by atoms with Gasteiger partial charge in [-0.05, 0) is 41.1 Å². The molecule has 0 saturated carbocycles. The Morgan fingerprint density at radius 1 is 1.47 bits per heavy atom. The van der Waals surface area contributed by atoms with Gasteiger partial charge in [-0.25, -0.2) is 4.79 Å². The fraction of sp³-hybridized carbons (Fsp3) is 0.0909. The average Bonchev–Trinajstić information content (AvgIpc) is 2.74. The predicted octanol–water partition coefficient (Wildman–Crippen LogP) is 1.07. The van der Waals surface area contributed by atoms with Crippen molar-refractivity contribution in [3.63, 3.8) is 0 Å². The first-order chi connectivity index (χ1) is 8.16. The van der Waals surface area contributed by atoms with E-state index in [2.05, 4.69) is 15.5 Å². The van der Waals surface area contributed by atoms with Gasteiger partial charge in [0.1, 0.15) is 0 Å². The highest BCUT2D eigenvalue weighted by Gasteiger charge is 2.05. The van der Waals surface area contributed by atoms with Crippen LogP contribution in [-0.2, 0) is 4.79 Å². The van der Waals surface area contributed by atoms with Crippen molar-refractivity contribution < 1.29 is 9.90 Å². The monoisotopic (exact) mass is 230 g/mol. The normalized spacial score (nSPS) is 10.9. The number of carboxylic acid groups (broad SMARTS) is 1. The molecule has 86 valence electrons. The van der Waals surface area contributed by atoms with Gasteiger partial charge >= 0.3 is 5.97 Å². The molecule has 0 saturated heterocycles. The fourth-order valence-electron chi connectivity index (χ4n) is 1.39. The Kier molecular flexibility index (Phi) is 2.95. The molecule has 0 aliphatic carbocycles. The second kappa shape index (κ2) is 4.56. The first kappa shape index (κ1) is 11.0. The van der Waals surface area contributed by atoms with Crippen LogP contribution >= 0.6 is 0 Å². The number of tetrazole rings is 1. The lowest BCUT2D eigenvalue weighted by molar-refractivity contribution is -0.131. The van der Waals surface area contributed by atoms with Gasteiger partial charge < -0.3 is 5.11 Å². The maximum atomic E-state index is 10.4. The molecule has 1 aromatic carbocycles. The van der Waals surface area contributed by atoms with E-state index in [9.17, 15) is 4.79 Å². The van der Waals surface area contributed by atoms with E-state index >= 15 is 0 Å². The Hall–Kier alpha value is -2.50. The van der Waals surface area contributed by atoms with Crippen molar-refractivity contribution in [2.24, 2.45) is 0 Å². The molecule has 2 rings (SSSR count). The van der Waals surface area contributed by atoms with Crippen molar-refractivity contribution in [1.82, 2.24) is 20.2 Å². The molecule has 0 atom stereocenters. The smallest absolute Gasteiger partial charge is 0.328 e. The molecule has 0 aliphatic rings. The van der Waals surface area contributed by atoms with E-state index in [0.29, 0.717) is 5.82 Å². The van der Waals surface area contributed by atoms with Gasteiger partial charge in [0, 0.05) is 6.08 Å². The Balaban J connectivity index is 2.40. The number of aromatic nitrogens is 4. The third kappa shape index (κ3) is 2.54. The average molecular weight is 230 g/mol. The zero-order valence-corrected chi connectivity index (χ0v) is 9.11. The second-order valence-electron chi connectivity index (χ2n) is 3.46. The summed E-state index contributed by atoms with van der Waals surface area (Å²) in [5.74, 6) is -0.665. The molecule has 0 fully saturated rings. The first-order valence-corrected chi connectivity index (χ1v) is 4.93. The molecule has 1 aromatic heterocycles. The van der Waals surface area contributed by atoms with Gasteiger partial charge in [0.2, 0.25) is 0 Å². The number of aryl methyl sites for hydroxylation is 1. The minimum Gasteiger partial charge on any atom is -0.478 e. The van der Waals surface area contributed by atoms with Crippen LogP contribution in [0.2, 0.25) is 0 Å². The highest BCUT2D eigenvalue weighted by Crippen LogP contribution is 2.10. The fourth-order valence-corrected chi connectivity index (χ4v) is 1.39. The minimum absolute atomic E-state index is 0.373. The molecule has 1 N–H and O–H groups in total. The van der Waals surface area contributed by atoms with Crippen LogP contribution < -0.4 is 0 Å². The summed E-state index contributed by atoms with van der Waals surface area (Å²) >= 11 is 0. The van der Waals surface area contributed by atoms with E-state index in [4.69, 9.17) is 5.11 Å². The quantitative estimate of drug-likeness (QED) is 0.797. The van der Waals surface area contributed by atoms with Crippen LogP contribution in [0.3, 0.4) is 0 Å². The van der Waals surface area contributed by atoms with E-state index in [1.54, 1.807) is 0 Å². The third-order valence-corrected chi connectivity index (χ3v) is 2.11. The number of benzene rings is 1. The largest absolute Gasteiger partial charge is 0.478 e. The molecule has 0 aliphatic heterocycles. The van der Waals surface area contributed by atoms with Crippen LogP contribution in [-0.4, -0.2) is 31.3 Å². The summed E-state index contributed by atoms with van der Waals surface area (Å²) in [6, 6.07) is 7.60. The van der Waals surface area contributed by atoms with Gasteiger partial charge in [-0.1, -0.05) is 12.1 Å². The van der Waals surface area contributed by atoms with E-state index < -0.39 is 5.97 Å². The Labute approximate surface area is 97.2 Å². The highest BCUT2D eigenvalue weighted by molar-refractivity contribution is 5.84. The molecule has 1 heterocycles. The predicted molar refractivity (Wildman–Crippen MR) is 60.6 cm³/mol. The molecule has 17 heavy (non-hydrogen) atoms. The summed E-state index contributed by atoms with van der Waals surface area (Å²) in [5.41, 5.74) is 1.87. The number of rotatable bonds is 3. The van der Waals surface area contributed by atoms with Crippen molar-refractivity contribution in [3.8, 4) is 5.69 Å². The number of hydrogen-bond donors (Lipinski definition) is 1. The molecule has 0 bridgehead atoms. The summed E-state index contributed by atoms with van der Waals surface area (Å²) in [5, 5.41) is 19.6. The van der Waals surface area contributed by atoms with E-state index in [1.165, 1.54) is 10.8 Å². The van der Waals surface area contributed by atoms with Crippen LogP contribution in [0.15, 0.2) is 30.3 Å². The molecule has 0 unspecified atom stereocenters. The molecule has 6 heteroatoms. The van der Waals surface area contributed by atoms with Crippen molar-refractivity contribution in [2.75, 3.05) is 0 Å². The Morgan fingerprint density at radius 2 is 2.29 bits per heavy atom. The van der Waals surface area contributed by atoms with Gasteiger partial charge in [0.15, 0.2) is 5.82 Å². The maximum absolute atomic E-state index is 10.4. The van der Waals surface area contributed by atoms with Crippen LogP contribution in [0, 0.1) is 6.92 Å². The zero-order chi connectivity index (χ0) is 12.3. The standard InChI is InChI=1S/C11H10N4O2/c1-8-3-2-4-9(7-8)15-10(12-13-14-15)5-6-11(16)17/h2-7H,1H3,(H,16,17)/b6-5+. The van der Waals surface area contributed by atoms with Gasteiger partial charge in [-0.15, -0.1) is 5.10 Å². The number of carboxylic acids is 1. The summed E-state index contributed by atoms with van der Waals surface area (Å²) in [6.45, 7) is 1.96. The molecule has 6 nitrogen and oxygen atoms in total. The topological polar surface area (TPSA) is 80.9 Å². The van der Waals surface area contributed by atoms with Gasteiger partial charge in [-0.2, -0.15) is 4.68 Å². The van der Waals surface area contributed by atoms with E-state index in [0.717, 1.165) is 17.3 Å². The third-order valence-electron chi connectivity index (χ3n) is 2.11. The number of nitrogens with zero attached hydrogens (tertiary/aromatic N) is 4. The lowest BCUT2D eigenvalue weighted by Gasteiger charge is -2.02. The number of aliphatic carboxylic acids is 1. The lowest BCUT2D eigenvalue weighted by atomic mass is 10.2. The second-order valence-corrected chi connectivity index (χ2v) is 3.46. The zero-order valence-electron chi connectivity index (χ0n) is 9.11. The Bertz CT molecular complexity index is 574. The molecule has 0 radical (unpaired) electrons. The van der Waals surface area contributed by atoms with Gasteiger partial charge in [-0.3, -0.25) is 0 Å². The number of hydrogen-bond acceptors (Lipinski definition) is 4. The van der Waals surface area contributed by atoms with Gasteiger partial charge in [0.25, 0.3) is 0 Å². The summed E-state index contributed by atoms with van der Waals surface area (Å²) < 4.78 is 1.48. The van der Waals surface area contributed by atoms with Crippen molar-refractivity contribution in [2.45, 2.75) is 6.92 Å². The van der Waals surface area contributed by atoms with Crippen LogP contribution in [0.4, 0.5) is 0 Å². The van der Waals surface area contributed by atoms with Crippen molar-refractivity contribution in [3.05, 3.63) is 41.7 Å². The molecule has 2 aromatic rings. The summed E-state index contributed by atoms with van der Waals surface area (Å²) in [6.07, 6.45) is 2.35. The van der Waals surface area contributed by atoms with Crippen molar-refractivity contribution >= 4 is 12.0 Å². The maximum Gasteiger partial charge on any atom is 0.328 e. The lowest BCUT2D eigenvalue weighted by Crippen LogP contribution is -2.00. The highest BCUT2D eigenvalue weighted by atomic mass is 16.4. The molecule has 0 amide bonds. The van der Waals surface area contributed by atoms with Gasteiger partial charge in [0.05, 0.1) is 5.69 Å². The Morgan fingerprint density at radius 3 is 3.00 bits per heavy atom. The van der Waals surface area contributed by atoms with Crippen LogP contribution in [0.1, 0.15) is 11.4 Å². The minimum atomic E-state index is -1.04. The van der Waals surface area contributed by atoms with Crippen LogP contribution in [0.25, 0.3) is 11.8 Å². The summed E-state index contributed by atoms with van der Waals surface area (Å²) in [4.78, 5) is 10.4. The molecular formula is C11H10N4O2. The first-order valence-electron chi connectivity index (χ1n) is 4.93. The van der Waals surface area contributed by atoms with E-state index in [1.807, 2.05) is 31.2 Å².